The zero-order chi connectivity index (χ0) is 25.4. The maximum Gasteiger partial charge on any atom is 0.283 e. The van der Waals surface area contributed by atoms with Crippen LogP contribution in [0.1, 0.15) is 22.3 Å². The van der Waals surface area contributed by atoms with Gasteiger partial charge in [0, 0.05) is 5.56 Å². The topological polar surface area (TPSA) is 78.1 Å². The highest BCUT2D eigenvalue weighted by atomic mass is 32.2. The number of thioether (sulfide) groups is 1. The number of hydrogen-bond acceptors (Lipinski definition) is 5. The number of rotatable bonds is 5. The maximum atomic E-state index is 12.8. The summed E-state index contributed by atoms with van der Waals surface area (Å²) in [5, 5.41) is 18.1. The molecule has 6 rings (SSSR count). The Morgan fingerprint density at radius 2 is 1.70 bits per heavy atom. The first kappa shape index (κ1) is 22.9. The normalized spacial score (nSPS) is 16.1. The summed E-state index contributed by atoms with van der Waals surface area (Å²) in [4.78, 5) is 16.9. The van der Waals surface area contributed by atoms with Crippen LogP contribution < -0.4 is 4.74 Å². The molecule has 1 amide bonds. The number of nitrogens with one attached hydrogen (secondary N) is 1. The minimum atomic E-state index is -0.444. The second-order valence-electron chi connectivity index (χ2n) is 8.79. The molecular formula is C30H22N4O2S. The summed E-state index contributed by atoms with van der Waals surface area (Å²) in [7, 11) is 0. The maximum absolute atomic E-state index is 12.8. The van der Waals surface area contributed by atoms with Crippen LogP contribution in [0.5, 0.6) is 5.75 Å². The Kier molecular flexibility index (Phi) is 5.90. The van der Waals surface area contributed by atoms with E-state index in [4.69, 9.17) is 10.1 Å². The third-order valence-corrected chi connectivity index (χ3v) is 7.18. The van der Waals surface area contributed by atoms with Gasteiger partial charge in [0.15, 0.2) is 5.84 Å². The predicted octanol–water partition coefficient (Wildman–Crippen LogP) is 6.39. The molecule has 4 aromatic carbocycles. The van der Waals surface area contributed by atoms with Gasteiger partial charge in [0.1, 0.15) is 17.4 Å². The molecular weight excluding hydrogens is 480 g/mol. The van der Waals surface area contributed by atoms with Gasteiger partial charge in [-0.3, -0.25) is 10.2 Å². The second-order valence-corrected chi connectivity index (χ2v) is 9.74. The average molecular weight is 503 g/mol. The molecule has 0 saturated carbocycles. The van der Waals surface area contributed by atoms with E-state index in [0.29, 0.717) is 16.8 Å². The van der Waals surface area contributed by atoms with E-state index < -0.39 is 5.91 Å². The molecule has 0 saturated heterocycles. The molecule has 1 N–H and O–H groups in total. The van der Waals surface area contributed by atoms with Crippen molar-refractivity contribution < 1.29 is 9.53 Å². The molecule has 2 heterocycles. The van der Waals surface area contributed by atoms with Crippen LogP contribution in [0.3, 0.4) is 0 Å². The fourth-order valence-corrected chi connectivity index (χ4v) is 5.11. The number of aryl methyl sites for hydroxylation is 1. The quantitative estimate of drug-likeness (QED) is 0.321. The minimum Gasteiger partial charge on any atom is -0.489 e. The highest BCUT2D eigenvalue weighted by Crippen LogP contribution is 2.31. The van der Waals surface area contributed by atoms with Crippen molar-refractivity contribution in [3.8, 4) is 5.75 Å². The summed E-state index contributed by atoms with van der Waals surface area (Å²) in [5.74, 6) is 0.296. The number of carbonyl (C=O) groups is 1. The fraction of sp³-hybridized carbons (Fsp3) is 0.0667. The highest BCUT2D eigenvalue weighted by molar-refractivity contribution is 8.27. The van der Waals surface area contributed by atoms with Crippen molar-refractivity contribution in [2.45, 2.75) is 13.5 Å². The van der Waals surface area contributed by atoms with Crippen LogP contribution in [0.15, 0.2) is 107 Å². The van der Waals surface area contributed by atoms with Gasteiger partial charge in [-0.25, -0.2) is 0 Å². The predicted molar refractivity (Wildman–Crippen MR) is 150 cm³/mol. The molecule has 2 aliphatic heterocycles. The Balaban J connectivity index is 1.18. The number of aliphatic imine (C=N–C) groups is 1. The number of amides is 1. The number of hydrazone groups is 1. The first-order valence-corrected chi connectivity index (χ1v) is 12.6. The van der Waals surface area contributed by atoms with Crippen LogP contribution in [0.25, 0.3) is 16.8 Å². The van der Waals surface area contributed by atoms with Gasteiger partial charge in [0.2, 0.25) is 5.17 Å². The lowest BCUT2D eigenvalue weighted by Crippen LogP contribution is -2.35. The lowest BCUT2D eigenvalue weighted by molar-refractivity contribution is -0.114. The SMILES string of the molecule is Cc1ccc(C2=NN3C(=N)C(=Cc4ccc(OCc5cccc6ccccc56)cc4)C(=O)N=C3S2)cc1. The van der Waals surface area contributed by atoms with Crippen LogP contribution in [0.2, 0.25) is 0 Å². The molecule has 0 aromatic heterocycles. The van der Waals surface area contributed by atoms with Crippen LogP contribution >= 0.6 is 11.8 Å². The molecule has 0 unspecified atom stereocenters. The van der Waals surface area contributed by atoms with Gasteiger partial charge in [0.25, 0.3) is 5.91 Å². The molecule has 0 spiro atoms. The smallest absolute Gasteiger partial charge is 0.283 e. The Morgan fingerprint density at radius 3 is 2.51 bits per heavy atom. The first-order valence-electron chi connectivity index (χ1n) is 11.8. The van der Waals surface area contributed by atoms with Gasteiger partial charge in [-0.1, -0.05) is 84.4 Å². The zero-order valence-corrected chi connectivity index (χ0v) is 20.8. The molecule has 0 bridgehead atoms. The molecule has 0 atom stereocenters. The monoisotopic (exact) mass is 502 g/mol. The number of amidine groups is 2. The van der Waals surface area contributed by atoms with E-state index in [1.807, 2.05) is 73.7 Å². The van der Waals surface area contributed by atoms with Crippen molar-refractivity contribution in [1.82, 2.24) is 5.01 Å². The van der Waals surface area contributed by atoms with E-state index in [-0.39, 0.29) is 11.4 Å². The molecule has 2 aliphatic rings. The van der Waals surface area contributed by atoms with E-state index >= 15 is 0 Å². The molecule has 180 valence electrons. The van der Waals surface area contributed by atoms with Crippen LogP contribution in [0, 0.1) is 12.3 Å². The number of carbonyl (C=O) groups excluding carboxylic acids is 1. The Bertz CT molecular complexity index is 1630. The van der Waals surface area contributed by atoms with Crippen molar-refractivity contribution in [3.63, 3.8) is 0 Å². The van der Waals surface area contributed by atoms with Gasteiger partial charge < -0.3 is 4.74 Å². The van der Waals surface area contributed by atoms with Crippen LogP contribution in [-0.4, -0.2) is 27.0 Å². The Morgan fingerprint density at radius 1 is 0.946 bits per heavy atom. The van der Waals surface area contributed by atoms with Gasteiger partial charge in [0.05, 0.1) is 5.57 Å². The van der Waals surface area contributed by atoms with Crippen molar-refractivity contribution in [2.75, 3.05) is 0 Å². The summed E-state index contributed by atoms with van der Waals surface area (Å²) >= 11 is 1.30. The third-order valence-electron chi connectivity index (χ3n) is 6.22. The molecule has 0 radical (unpaired) electrons. The van der Waals surface area contributed by atoms with Gasteiger partial charge in [-0.15, -0.1) is 0 Å². The molecule has 4 aromatic rings. The minimum absolute atomic E-state index is 0.0147. The summed E-state index contributed by atoms with van der Waals surface area (Å²) < 4.78 is 6.02. The lowest BCUT2D eigenvalue weighted by Gasteiger charge is -2.20. The van der Waals surface area contributed by atoms with Crippen LogP contribution in [0.4, 0.5) is 0 Å². The first-order chi connectivity index (χ1) is 18.0. The molecule has 7 heteroatoms. The number of hydrogen-bond donors (Lipinski definition) is 1. The Labute approximate surface area is 218 Å². The van der Waals surface area contributed by atoms with E-state index in [1.165, 1.54) is 27.5 Å². The standard InChI is InChI=1S/C30H22N4O2S/c1-19-9-13-22(14-10-19)29-33-34-27(31)26(28(35)32-30(34)37-29)17-20-11-15-24(16-12-20)36-18-23-7-4-6-21-5-2-3-8-25(21)23/h2-17,31H,18H2,1H3. The number of ether oxygens (including phenoxy) is 1. The number of fused-ring (bicyclic) bond motifs is 2. The van der Waals surface area contributed by atoms with Crippen molar-refractivity contribution >= 4 is 50.6 Å². The highest BCUT2D eigenvalue weighted by Gasteiger charge is 2.36. The molecule has 0 aliphatic carbocycles. The van der Waals surface area contributed by atoms with E-state index in [2.05, 4.69) is 34.4 Å². The molecule has 37 heavy (non-hydrogen) atoms. The molecule has 0 fully saturated rings. The van der Waals surface area contributed by atoms with E-state index in [1.54, 1.807) is 6.08 Å². The average Bonchev–Trinajstić information content (AvgIpc) is 3.35. The van der Waals surface area contributed by atoms with E-state index in [9.17, 15) is 4.79 Å². The van der Waals surface area contributed by atoms with Crippen molar-refractivity contribution in [3.05, 3.63) is 119 Å². The lowest BCUT2D eigenvalue weighted by atomic mass is 10.1. The van der Waals surface area contributed by atoms with E-state index in [0.717, 1.165) is 28.0 Å². The number of benzene rings is 4. The van der Waals surface area contributed by atoms with Crippen molar-refractivity contribution in [1.29, 1.82) is 5.41 Å². The summed E-state index contributed by atoms with van der Waals surface area (Å²) in [6, 6.07) is 29.9. The third kappa shape index (κ3) is 4.57. The largest absolute Gasteiger partial charge is 0.489 e. The summed E-state index contributed by atoms with van der Waals surface area (Å²) in [6.45, 7) is 2.48. The molecule has 6 nitrogen and oxygen atoms in total. The Hall–Kier alpha value is -4.49. The van der Waals surface area contributed by atoms with Gasteiger partial charge in [-0.2, -0.15) is 15.1 Å². The summed E-state index contributed by atoms with van der Waals surface area (Å²) in [5.41, 5.74) is 4.17. The van der Waals surface area contributed by atoms with Gasteiger partial charge >= 0.3 is 0 Å². The summed E-state index contributed by atoms with van der Waals surface area (Å²) in [6.07, 6.45) is 1.67. The van der Waals surface area contributed by atoms with Crippen LogP contribution in [-0.2, 0) is 11.4 Å². The fourth-order valence-electron chi connectivity index (χ4n) is 4.21. The second kappa shape index (κ2) is 9.52. The number of nitrogens with zero attached hydrogens (tertiary/aromatic N) is 3. The van der Waals surface area contributed by atoms with Crippen molar-refractivity contribution in [2.24, 2.45) is 10.1 Å². The zero-order valence-electron chi connectivity index (χ0n) is 20.0. The van der Waals surface area contributed by atoms with Gasteiger partial charge in [-0.05, 0) is 58.8 Å².